The van der Waals surface area contributed by atoms with Crippen LogP contribution in [0.2, 0.25) is 0 Å². The van der Waals surface area contributed by atoms with Crippen LogP contribution in [-0.4, -0.2) is 10.9 Å². The average Bonchev–Trinajstić information content (AvgIpc) is 2.08. The molecule has 6 heteroatoms. The lowest BCUT2D eigenvalue weighted by molar-refractivity contribution is 0.0979. The van der Waals surface area contributed by atoms with E-state index in [1.165, 1.54) is 6.07 Å². The number of amides is 1. The van der Waals surface area contributed by atoms with Gasteiger partial charge in [0.2, 0.25) is 0 Å². The lowest BCUT2D eigenvalue weighted by atomic mass is 10.1. The highest BCUT2D eigenvalue weighted by atomic mass is 127. The van der Waals surface area contributed by atoms with Gasteiger partial charge in [0, 0.05) is 3.57 Å². The van der Waals surface area contributed by atoms with Gasteiger partial charge < -0.3 is 5.73 Å². The van der Waals surface area contributed by atoms with E-state index in [-0.39, 0.29) is 5.69 Å². The molecule has 2 N–H and O–H groups in total. The minimum absolute atomic E-state index is 0.349. The number of carbonyl (C=O) groups excluding carboxylic acids is 1. The van der Waals surface area contributed by atoms with E-state index >= 15 is 0 Å². The van der Waals surface area contributed by atoms with Gasteiger partial charge in [-0.1, -0.05) is 0 Å². The van der Waals surface area contributed by atoms with Gasteiger partial charge in [-0.25, -0.2) is 13.8 Å². The molecule has 1 aromatic heterocycles. The molecule has 0 radical (unpaired) electrons. The molecule has 0 aliphatic rings. The molecule has 0 bridgehead atoms. The predicted molar refractivity (Wildman–Crippen MR) is 55.2 cm³/mol. The molecule has 1 aromatic rings. The Hall–Kier alpha value is -0.790. The first-order chi connectivity index (χ1) is 6.43. The second kappa shape index (κ2) is 4.16. The second-order valence-corrected chi connectivity index (χ2v) is 3.82. The van der Waals surface area contributed by atoms with Crippen LogP contribution in [0.5, 0.6) is 0 Å². The molecule has 76 valence electrons. The third-order valence-electron chi connectivity index (χ3n) is 1.65. The van der Waals surface area contributed by atoms with Crippen molar-refractivity contribution in [3.05, 3.63) is 26.6 Å². The minimum atomic E-state index is -2.74. The summed E-state index contributed by atoms with van der Waals surface area (Å²) in [6.07, 6.45) is -2.74. The van der Waals surface area contributed by atoms with Crippen LogP contribution in [0.25, 0.3) is 0 Å². The van der Waals surface area contributed by atoms with Crippen LogP contribution in [-0.2, 0) is 0 Å². The van der Waals surface area contributed by atoms with E-state index in [1.807, 2.05) is 22.6 Å². The first-order valence-electron chi connectivity index (χ1n) is 3.68. The molecule has 14 heavy (non-hydrogen) atoms. The van der Waals surface area contributed by atoms with Crippen molar-refractivity contribution in [2.75, 3.05) is 0 Å². The lowest BCUT2D eigenvalue weighted by Crippen LogP contribution is -2.17. The molecule has 1 rings (SSSR count). The number of pyridine rings is 1. The van der Waals surface area contributed by atoms with Crippen LogP contribution >= 0.6 is 22.6 Å². The van der Waals surface area contributed by atoms with E-state index < -0.39 is 17.9 Å². The summed E-state index contributed by atoms with van der Waals surface area (Å²) in [7, 11) is 0. The second-order valence-electron chi connectivity index (χ2n) is 2.66. The first-order valence-corrected chi connectivity index (χ1v) is 4.76. The summed E-state index contributed by atoms with van der Waals surface area (Å²) < 4.78 is 25.5. The number of alkyl halides is 2. The molecule has 0 aliphatic carbocycles. The Morgan fingerprint density at radius 1 is 1.64 bits per heavy atom. The summed E-state index contributed by atoms with van der Waals surface area (Å²) in [5.41, 5.74) is 4.69. The van der Waals surface area contributed by atoms with Gasteiger partial charge in [0.05, 0.1) is 11.3 Å². The zero-order valence-electron chi connectivity index (χ0n) is 7.22. The molecule has 0 fully saturated rings. The van der Waals surface area contributed by atoms with Crippen molar-refractivity contribution in [3.8, 4) is 0 Å². The van der Waals surface area contributed by atoms with Gasteiger partial charge in [0.25, 0.3) is 12.3 Å². The number of hydrogen-bond acceptors (Lipinski definition) is 2. The highest BCUT2D eigenvalue weighted by Gasteiger charge is 2.19. The van der Waals surface area contributed by atoms with Crippen LogP contribution in [0.1, 0.15) is 28.2 Å². The third kappa shape index (κ3) is 2.17. The number of rotatable bonds is 2. The number of nitrogens with zero attached hydrogens (tertiary/aromatic N) is 1. The summed E-state index contributed by atoms with van der Waals surface area (Å²) in [6.45, 7) is 1.63. The fourth-order valence-corrected chi connectivity index (χ4v) is 1.41. The van der Waals surface area contributed by atoms with Crippen molar-refractivity contribution < 1.29 is 13.6 Å². The van der Waals surface area contributed by atoms with E-state index in [2.05, 4.69) is 4.98 Å². The van der Waals surface area contributed by atoms with Crippen molar-refractivity contribution in [2.24, 2.45) is 5.73 Å². The van der Waals surface area contributed by atoms with Gasteiger partial charge in [0.1, 0.15) is 5.69 Å². The molecule has 0 unspecified atom stereocenters. The molecule has 3 nitrogen and oxygen atoms in total. The van der Waals surface area contributed by atoms with Crippen LogP contribution in [0.3, 0.4) is 0 Å². The maximum absolute atomic E-state index is 12.4. The number of aromatic nitrogens is 1. The van der Waals surface area contributed by atoms with Gasteiger partial charge in [0.15, 0.2) is 0 Å². The highest BCUT2D eigenvalue weighted by Crippen LogP contribution is 2.24. The molecular weight excluding hydrogens is 305 g/mol. The predicted octanol–water partition coefficient (Wildman–Crippen LogP) is 2.03. The van der Waals surface area contributed by atoms with E-state index in [9.17, 15) is 13.6 Å². The first kappa shape index (κ1) is 11.3. The van der Waals surface area contributed by atoms with Crippen LogP contribution in [0, 0.1) is 10.5 Å². The Morgan fingerprint density at radius 3 is 2.64 bits per heavy atom. The van der Waals surface area contributed by atoms with E-state index in [1.54, 1.807) is 6.92 Å². The van der Waals surface area contributed by atoms with Crippen molar-refractivity contribution in [3.63, 3.8) is 0 Å². The summed E-state index contributed by atoms with van der Waals surface area (Å²) in [4.78, 5) is 14.5. The number of halogens is 3. The van der Waals surface area contributed by atoms with Gasteiger partial charge in [-0.2, -0.15) is 0 Å². The van der Waals surface area contributed by atoms with E-state index in [4.69, 9.17) is 5.73 Å². The monoisotopic (exact) mass is 312 g/mol. The molecular formula is C8H7F2IN2O. The smallest absolute Gasteiger partial charge is 0.267 e. The van der Waals surface area contributed by atoms with E-state index in [0.717, 1.165) is 0 Å². The van der Waals surface area contributed by atoms with Gasteiger partial charge >= 0.3 is 0 Å². The third-order valence-corrected chi connectivity index (χ3v) is 2.74. The molecule has 0 spiro atoms. The van der Waals surface area contributed by atoms with Crippen LogP contribution in [0.4, 0.5) is 8.78 Å². The van der Waals surface area contributed by atoms with Crippen LogP contribution in [0.15, 0.2) is 6.07 Å². The number of aryl methyl sites for hydroxylation is 1. The number of nitrogens with two attached hydrogens (primary N) is 1. The SMILES string of the molecule is Cc1nc(C(N)=O)c(C(F)F)cc1I. The average molecular weight is 312 g/mol. The Bertz CT molecular complexity index is 382. The molecule has 1 heterocycles. The molecule has 0 saturated heterocycles. The lowest BCUT2D eigenvalue weighted by Gasteiger charge is -2.07. The van der Waals surface area contributed by atoms with E-state index in [0.29, 0.717) is 9.26 Å². The maximum Gasteiger partial charge on any atom is 0.267 e. The van der Waals surface area contributed by atoms with Crippen molar-refractivity contribution in [2.45, 2.75) is 13.3 Å². The Labute approximate surface area is 92.8 Å². The summed E-state index contributed by atoms with van der Waals surface area (Å²) >= 11 is 1.88. The quantitative estimate of drug-likeness (QED) is 0.850. The number of primary amides is 1. The summed E-state index contributed by atoms with van der Waals surface area (Å²) in [5.74, 6) is -0.931. The fraction of sp³-hybridized carbons (Fsp3) is 0.250. The van der Waals surface area contributed by atoms with Crippen molar-refractivity contribution in [1.82, 2.24) is 4.98 Å². The molecule has 0 aromatic carbocycles. The Morgan fingerprint density at radius 2 is 2.21 bits per heavy atom. The summed E-state index contributed by atoms with van der Waals surface area (Å²) in [5, 5.41) is 0. The van der Waals surface area contributed by atoms with Gasteiger partial charge in [-0.15, -0.1) is 0 Å². The zero-order valence-corrected chi connectivity index (χ0v) is 9.38. The van der Waals surface area contributed by atoms with Crippen LogP contribution < -0.4 is 5.73 Å². The molecule has 1 amide bonds. The topological polar surface area (TPSA) is 56.0 Å². The molecule has 0 saturated carbocycles. The maximum atomic E-state index is 12.4. The van der Waals surface area contributed by atoms with Crippen molar-refractivity contribution in [1.29, 1.82) is 0 Å². The zero-order chi connectivity index (χ0) is 10.9. The molecule has 0 atom stereocenters. The Balaban J connectivity index is 3.39. The largest absolute Gasteiger partial charge is 0.364 e. The summed E-state index contributed by atoms with van der Waals surface area (Å²) in [6, 6.07) is 1.23. The highest BCUT2D eigenvalue weighted by molar-refractivity contribution is 14.1. The standard InChI is InChI=1S/C8H7F2IN2O/c1-3-5(11)2-4(7(9)10)6(13-3)8(12)14/h2,7H,1H3,(H2,12,14). The Kier molecular flexibility index (Phi) is 3.35. The van der Waals surface area contributed by atoms with Gasteiger partial charge in [-0.05, 0) is 35.6 Å². The number of hydrogen-bond donors (Lipinski definition) is 1. The van der Waals surface area contributed by atoms with Gasteiger partial charge in [-0.3, -0.25) is 4.79 Å². The molecule has 0 aliphatic heterocycles. The van der Waals surface area contributed by atoms with Crippen molar-refractivity contribution >= 4 is 28.5 Å². The minimum Gasteiger partial charge on any atom is -0.364 e. The normalized spacial score (nSPS) is 10.6. The number of carbonyl (C=O) groups is 1. The fourth-order valence-electron chi connectivity index (χ4n) is 0.959.